The van der Waals surface area contributed by atoms with Gasteiger partial charge < -0.3 is 20.8 Å². The number of nitrogens with one attached hydrogen (secondary N) is 2. The first-order valence-electron chi connectivity index (χ1n) is 7.96. The molecule has 0 aromatic heterocycles. The van der Waals surface area contributed by atoms with Gasteiger partial charge in [0.1, 0.15) is 0 Å². The van der Waals surface area contributed by atoms with Crippen molar-refractivity contribution in [3.63, 3.8) is 0 Å². The number of carbonyl (C=O) groups is 3. The van der Waals surface area contributed by atoms with E-state index in [1.54, 1.807) is 13.0 Å². The summed E-state index contributed by atoms with van der Waals surface area (Å²) >= 11 is 0. The largest absolute Gasteiger partial charge is 0.478 e. The number of benzene rings is 2. The summed E-state index contributed by atoms with van der Waals surface area (Å²) in [4.78, 5) is 35.7. The zero-order valence-electron chi connectivity index (χ0n) is 14.0. The van der Waals surface area contributed by atoms with E-state index in [1.807, 2.05) is 6.92 Å². The maximum Gasteiger partial charge on any atom is 0.336 e. The molecule has 2 aromatic rings. The number of carboxylic acid groups (broad SMARTS) is 2. The topological polar surface area (TPSA) is 116 Å². The van der Waals surface area contributed by atoms with Crippen molar-refractivity contribution in [2.75, 3.05) is 13.1 Å². The third-order valence-corrected chi connectivity index (χ3v) is 3.86. The Bertz CT molecular complexity index is 845. The molecule has 0 saturated heterocycles. The molecule has 0 fully saturated rings. The fourth-order valence-electron chi connectivity index (χ4n) is 2.77. The molecule has 0 aliphatic rings. The molecule has 0 unspecified atom stereocenters. The molecule has 0 radical (unpaired) electrons. The minimum absolute atomic E-state index is 0.0287. The molecule has 132 valence electrons. The number of hydrogen-bond acceptors (Lipinski definition) is 4. The average Bonchev–Trinajstić information content (AvgIpc) is 2.58. The van der Waals surface area contributed by atoms with Gasteiger partial charge in [0.05, 0.1) is 11.1 Å². The molecular weight excluding hydrogens is 324 g/mol. The van der Waals surface area contributed by atoms with Crippen LogP contribution in [-0.4, -0.2) is 41.1 Å². The van der Waals surface area contributed by atoms with Gasteiger partial charge in [-0.1, -0.05) is 13.0 Å². The van der Waals surface area contributed by atoms with Crippen molar-refractivity contribution in [3.05, 3.63) is 46.5 Å². The minimum atomic E-state index is -1.21. The van der Waals surface area contributed by atoms with E-state index in [2.05, 4.69) is 10.6 Å². The highest BCUT2D eigenvalue weighted by atomic mass is 16.4. The lowest BCUT2D eigenvalue weighted by atomic mass is 9.91. The smallest absolute Gasteiger partial charge is 0.336 e. The quantitative estimate of drug-likeness (QED) is 0.611. The highest BCUT2D eigenvalue weighted by Crippen LogP contribution is 2.30. The Kier molecular flexibility index (Phi) is 5.71. The Morgan fingerprint density at radius 3 is 1.96 bits per heavy atom. The normalized spacial score (nSPS) is 10.6. The number of rotatable bonds is 7. The van der Waals surface area contributed by atoms with Crippen molar-refractivity contribution in [2.45, 2.75) is 20.4 Å². The Balaban J connectivity index is 2.92. The van der Waals surface area contributed by atoms with Crippen LogP contribution in [0, 0.1) is 0 Å². The first-order chi connectivity index (χ1) is 11.9. The molecule has 0 bridgehead atoms. The van der Waals surface area contributed by atoms with Crippen LogP contribution in [0.25, 0.3) is 10.8 Å². The van der Waals surface area contributed by atoms with Crippen LogP contribution in [0.5, 0.6) is 0 Å². The molecule has 1 amide bonds. The molecule has 0 heterocycles. The second-order valence-corrected chi connectivity index (χ2v) is 5.43. The van der Waals surface area contributed by atoms with E-state index in [9.17, 15) is 24.6 Å². The van der Waals surface area contributed by atoms with Crippen molar-refractivity contribution >= 4 is 28.6 Å². The van der Waals surface area contributed by atoms with Crippen molar-refractivity contribution in [1.29, 1.82) is 0 Å². The lowest BCUT2D eigenvalue weighted by Gasteiger charge is -2.15. The van der Waals surface area contributed by atoms with Crippen LogP contribution < -0.4 is 10.6 Å². The number of aromatic carboxylic acids is 2. The number of hydrogen-bond donors (Lipinski definition) is 4. The summed E-state index contributed by atoms with van der Waals surface area (Å²) < 4.78 is 0. The van der Waals surface area contributed by atoms with Crippen LogP contribution in [0.4, 0.5) is 0 Å². The summed E-state index contributed by atoms with van der Waals surface area (Å²) in [6, 6.07) is 5.70. The molecule has 2 rings (SSSR count). The van der Waals surface area contributed by atoms with Crippen LogP contribution in [0.15, 0.2) is 24.3 Å². The summed E-state index contributed by atoms with van der Waals surface area (Å²) in [5, 5.41) is 25.2. The van der Waals surface area contributed by atoms with Gasteiger partial charge in [-0.2, -0.15) is 0 Å². The highest BCUT2D eigenvalue weighted by Gasteiger charge is 2.22. The predicted octanol–water partition coefficient (Wildman–Crippen LogP) is 2.10. The zero-order valence-corrected chi connectivity index (χ0v) is 14.0. The predicted molar refractivity (Wildman–Crippen MR) is 93.3 cm³/mol. The van der Waals surface area contributed by atoms with Crippen LogP contribution in [0.2, 0.25) is 0 Å². The van der Waals surface area contributed by atoms with Gasteiger partial charge in [-0.25, -0.2) is 9.59 Å². The van der Waals surface area contributed by atoms with E-state index in [0.717, 1.165) is 0 Å². The van der Waals surface area contributed by atoms with Gasteiger partial charge in [0.15, 0.2) is 0 Å². The van der Waals surface area contributed by atoms with Crippen LogP contribution in [0.3, 0.4) is 0 Å². The zero-order chi connectivity index (χ0) is 18.6. The second kappa shape index (κ2) is 7.76. The van der Waals surface area contributed by atoms with E-state index < -0.39 is 17.8 Å². The van der Waals surface area contributed by atoms with Crippen molar-refractivity contribution < 1.29 is 24.6 Å². The van der Waals surface area contributed by atoms with Gasteiger partial charge in [-0.05, 0) is 37.2 Å². The molecule has 2 aromatic carbocycles. The molecule has 4 N–H and O–H groups in total. The maximum absolute atomic E-state index is 12.4. The van der Waals surface area contributed by atoms with E-state index in [-0.39, 0.29) is 27.5 Å². The summed E-state index contributed by atoms with van der Waals surface area (Å²) in [5.74, 6) is -2.83. The van der Waals surface area contributed by atoms with E-state index >= 15 is 0 Å². The van der Waals surface area contributed by atoms with Gasteiger partial charge in [-0.3, -0.25) is 4.79 Å². The molecule has 0 aliphatic carbocycles. The van der Waals surface area contributed by atoms with Gasteiger partial charge in [0.2, 0.25) is 0 Å². The van der Waals surface area contributed by atoms with Crippen molar-refractivity contribution in [1.82, 2.24) is 10.6 Å². The van der Waals surface area contributed by atoms with Crippen molar-refractivity contribution in [2.24, 2.45) is 0 Å². The average molecular weight is 344 g/mol. The van der Waals surface area contributed by atoms with Crippen LogP contribution in [0.1, 0.15) is 50.5 Å². The molecule has 7 nitrogen and oxygen atoms in total. The molecule has 0 aliphatic heterocycles. The molecule has 7 heteroatoms. The van der Waals surface area contributed by atoms with E-state index in [0.29, 0.717) is 25.2 Å². The first-order valence-corrected chi connectivity index (χ1v) is 7.96. The number of carbonyl (C=O) groups excluding carboxylic acids is 1. The van der Waals surface area contributed by atoms with Crippen LogP contribution >= 0.6 is 0 Å². The number of fused-ring (bicyclic) bond motifs is 1. The third-order valence-electron chi connectivity index (χ3n) is 3.86. The fourth-order valence-corrected chi connectivity index (χ4v) is 2.77. The third kappa shape index (κ3) is 3.61. The lowest BCUT2D eigenvalue weighted by molar-refractivity contribution is 0.0686. The van der Waals surface area contributed by atoms with Gasteiger partial charge in [0, 0.05) is 29.4 Å². The Hall–Kier alpha value is -2.93. The molecule has 0 atom stereocenters. The molecule has 25 heavy (non-hydrogen) atoms. The molecular formula is C18H20N2O5. The standard InChI is InChI=1S/C18H20N2O5/c1-3-19-9-10-5-6-13(18(24)25)15-11(16(21)20-4-2)7-8-12(14(10)15)17(22)23/h5-8,19H,3-4,9H2,1-2H3,(H,20,21)(H,22,23)(H,24,25). The Labute approximate surface area is 144 Å². The second-order valence-electron chi connectivity index (χ2n) is 5.43. The van der Waals surface area contributed by atoms with Gasteiger partial charge >= 0.3 is 11.9 Å². The summed E-state index contributed by atoms with van der Waals surface area (Å²) in [7, 11) is 0. The Morgan fingerprint density at radius 1 is 0.840 bits per heavy atom. The minimum Gasteiger partial charge on any atom is -0.478 e. The molecule has 0 saturated carbocycles. The number of carboxylic acids is 2. The Morgan fingerprint density at radius 2 is 1.40 bits per heavy atom. The number of amides is 1. The van der Waals surface area contributed by atoms with Crippen LogP contribution in [-0.2, 0) is 6.54 Å². The SMILES string of the molecule is CCNCc1ccc(C(=O)O)c2c(C(=O)NCC)ccc(C(=O)O)c12. The molecule has 0 spiro atoms. The van der Waals surface area contributed by atoms with Crippen molar-refractivity contribution in [3.8, 4) is 0 Å². The fraction of sp³-hybridized carbons (Fsp3) is 0.278. The van der Waals surface area contributed by atoms with E-state index in [1.165, 1.54) is 18.2 Å². The summed E-state index contributed by atoms with van der Waals surface area (Å²) in [6.45, 7) is 5.07. The monoisotopic (exact) mass is 344 g/mol. The highest BCUT2D eigenvalue weighted by molar-refractivity contribution is 6.19. The van der Waals surface area contributed by atoms with Gasteiger partial charge in [-0.15, -0.1) is 0 Å². The van der Waals surface area contributed by atoms with Gasteiger partial charge in [0.25, 0.3) is 5.91 Å². The maximum atomic E-state index is 12.4. The summed E-state index contributed by atoms with van der Waals surface area (Å²) in [6.07, 6.45) is 0. The van der Waals surface area contributed by atoms with E-state index in [4.69, 9.17) is 0 Å². The summed E-state index contributed by atoms with van der Waals surface area (Å²) in [5.41, 5.74) is 0.654. The first kappa shape index (κ1) is 18.4. The lowest BCUT2D eigenvalue weighted by Crippen LogP contribution is -2.24.